The Balaban J connectivity index is 2.00. The summed E-state index contributed by atoms with van der Waals surface area (Å²) in [5.74, 6) is -1.41. The summed E-state index contributed by atoms with van der Waals surface area (Å²) in [5.41, 5.74) is 5.91. The van der Waals surface area contributed by atoms with Crippen molar-refractivity contribution in [2.75, 3.05) is 6.61 Å². The van der Waals surface area contributed by atoms with Gasteiger partial charge in [0, 0.05) is 23.1 Å². The molecule has 0 bridgehead atoms. The average Bonchev–Trinajstić information content (AvgIpc) is 2.95. The fourth-order valence-corrected chi connectivity index (χ4v) is 3.15. The molecule has 1 aromatic heterocycles. The van der Waals surface area contributed by atoms with Crippen LogP contribution in [0, 0.1) is 5.92 Å². The molecule has 4 atom stereocenters. The zero-order chi connectivity index (χ0) is 20.3. The van der Waals surface area contributed by atoms with Crippen LogP contribution in [0.5, 0.6) is 0 Å². The molecule has 11 nitrogen and oxygen atoms in total. The summed E-state index contributed by atoms with van der Waals surface area (Å²) in [4.78, 5) is 40.7. The Bertz CT molecular complexity index is 1030. The van der Waals surface area contributed by atoms with Gasteiger partial charge in [0.05, 0.1) is 12.2 Å². The third-order valence-corrected chi connectivity index (χ3v) is 4.51. The molecule has 2 aromatic rings. The van der Waals surface area contributed by atoms with Crippen LogP contribution >= 0.6 is 0 Å². The predicted molar refractivity (Wildman–Crippen MR) is 95.2 cm³/mol. The van der Waals surface area contributed by atoms with E-state index in [4.69, 9.17) is 15.0 Å². The fraction of sp³-hybridized carbons (Fsp3) is 0.353. The van der Waals surface area contributed by atoms with Gasteiger partial charge in [-0.15, -0.1) is 0 Å². The monoisotopic (exact) mass is 387 g/mol. The van der Waals surface area contributed by atoms with E-state index in [-0.39, 0.29) is 5.56 Å². The number of hydrogen-bond acceptors (Lipinski definition) is 7. The number of H-pyrrole nitrogens is 1. The van der Waals surface area contributed by atoms with Gasteiger partial charge in [-0.2, -0.15) is 0 Å². The molecular formula is C17H17N5O6. The minimum Gasteiger partial charge on any atom is -0.455 e. The van der Waals surface area contributed by atoms with Gasteiger partial charge in [0.2, 0.25) is 5.72 Å². The van der Waals surface area contributed by atoms with Crippen molar-refractivity contribution in [1.29, 1.82) is 0 Å². The van der Waals surface area contributed by atoms with Crippen LogP contribution < -0.4 is 11.2 Å². The Morgan fingerprint density at radius 1 is 1.39 bits per heavy atom. The van der Waals surface area contributed by atoms with Gasteiger partial charge in [-0.05, 0) is 17.7 Å². The maximum atomic E-state index is 12.5. The van der Waals surface area contributed by atoms with Gasteiger partial charge >= 0.3 is 11.7 Å². The highest BCUT2D eigenvalue weighted by atomic mass is 16.6. The van der Waals surface area contributed by atoms with Gasteiger partial charge in [-0.1, -0.05) is 30.2 Å². The molecule has 0 aliphatic carbocycles. The number of benzene rings is 1. The zero-order valence-electron chi connectivity index (χ0n) is 14.8. The molecule has 11 heteroatoms. The highest BCUT2D eigenvalue weighted by molar-refractivity contribution is 5.89. The van der Waals surface area contributed by atoms with Crippen LogP contribution in [0.25, 0.3) is 10.4 Å². The van der Waals surface area contributed by atoms with Crippen LogP contribution in [0.2, 0.25) is 0 Å². The Labute approximate surface area is 157 Å². The number of hydrogen-bond donors (Lipinski definition) is 2. The van der Waals surface area contributed by atoms with E-state index in [0.717, 1.165) is 10.6 Å². The van der Waals surface area contributed by atoms with E-state index in [1.807, 2.05) is 0 Å². The van der Waals surface area contributed by atoms with Gasteiger partial charge in [-0.3, -0.25) is 14.3 Å². The van der Waals surface area contributed by atoms with Crippen molar-refractivity contribution in [3.63, 3.8) is 0 Å². The molecule has 0 radical (unpaired) electrons. The molecule has 1 fully saturated rings. The fourth-order valence-electron chi connectivity index (χ4n) is 3.15. The van der Waals surface area contributed by atoms with Gasteiger partial charge < -0.3 is 14.6 Å². The predicted octanol–water partition coefficient (Wildman–Crippen LogP) is 0.926. The SMILES string of the molecule is CC1C(n2ccc(=O)[nH]c2=O)OC(CO)(N=[N+]=[N-])C1OC(=O)c1ccccc1. The largest absolute Gasteiger partial charge is 0.455 e. The van der Waals surface area contributed by atoms with Gasteiger partial charge in [0.15, 0.2) is 0 Å². The van der Waals surface area contributed by atoms with E-state index >= 15 is 0 Å². The lowest BCUT2D eigenvalue weighted by atomic mass is 9.97. The molecule has 1 saturated heterocycles. The van der Waals surface area contributed by atoms with E-state index < -0.39 is 47.8 Å². The van der Waals surface area contributed by atoms with Crippen molar-refractivity contribution < 1.29 is 19.4 Å². The number of aliphatic hydroxyl groups excluding tert-OH is 1. The number of rotatable bonds is 5. The van der Waals surface area contributed by atoms with E-state index in [1.54, 1.807) is 37.3 Å². The molecule has 146 valence electrons. The number of aromatic nitrogens is 2. The van der Waals surface area contributed by atoms with Crippen LogP contribution in [-0.4, -0.2) is 39.1 Å². The second kappa shape index (κ2) is 7.69. The molecule has 0 spiro atoms. The standard InChI is InChI=1S/C17H17N5O6/c1-10-13(27-15(25)11-5-3-2-4-6-11)17(9-23,20-21-18)28-14(10)22-8-7-12(24)19-16(22)26/h2-8,10,13-14,23H,9H2,1H3,(H,19,24,26). The number of aromatic amines is 1. The lowest BCUT2D eigenvalue weighted by Crippen LogP contribution is -2.45. The maximum absolute atomic E-state index is 12.5. The normalized spacial score (nSPS) is 26.4. The minimum atomic E-state index is -1.93. The molecule has 0 amide bonds. The van der Waals surface area contributed by atoms with Crippen molar-refractivity contribution in [3.8, 4) is 0 Å². The quantitative estimate of drug-likeness (QED) is 0.336. The second-order valence-corrected chi connectivity index (χ2v) is 6.27. The number of nitrogens with one attached hydrogen (secondary N) is 1. The van der Waals surface area contributed by atoms with Crippen molar-refractivity contribution in [2.45, 2.75) is 25.0 Å². The number of carbonyl (C=O) groups is 1. The average molecular weight is 387 g/mol. The summed E-state index contributed by atoms with van der Waals surface area (Å²) < 4.78 is 12.3. The first kappa shape index (κ1) is 19.4. The maximum Gasteiger partial charge on any atom is 0.338 e. The summed E-state index contributed by atoms with van der Waals surface area (Å²) in [6, 6.07) is 9.24. The Hall–Kier alpha value is -3.40. The number of ether oxygens (including phenoxy) is 2. The first-order valence-corrected chi connectivity index (χ1v) is 8.34. The molecule has 1 aromatic carbocycles. The van der Waals surface area contributed by atoms with Crippen molar-refractivity contribution in [3.05, 3.63) is 79.4 Å². The van der Waals surface area contributed by atoms with Gasteiger partial charge in [-0.25, -0.2) is 9.59 Å². The van der Waals surface area contributed by atoms with E-state index in [2.05, 4.69) is 15.0 Å². The van der Waals surface area contributed by atoms with Crippen molar-refractivity contribution in [1.82, 2.24) is 9.55 Å². The van der Waals surface area contributed by atoms with Crippen molar-refractivity contribution >= 4 is 5.97 Å². The third kappa shape index (κ3) is 3.41. The number of carbonyl (C=O) groups excluding carboxylic acids is 1. The zero-order valence-corrected chi connectivity index (χ0v) is 14.8. The Morgan fingerprint density at radius 3 is 2.71 bits per heavy atom. The molecule has 28 heavy (non-hydrogen) atoms. The highest BCUT2D eigenvalue weighted by Crippen LogP contribution is 2.43. The summed E-state index contributed by atoms with van der Waals surface area (Å²) in [5, 5.41) is 13.4. The summed E-state index contributed by atoms with van der Waals surface area (Å²) in [6.45, 7) is 0.818. The lowest BCUT2D eigenvalue weighted by Gasteiger charge is -2.28. The molecular weight excluding hydrogens is 370 g/mol. The van der Waals surface area contributed by atoms with Crippen LogP contribution in [-0.2, 0) is 9.47 Å². The summed E-state index contributed by atoms with van der Waals surface area (Å²) in [6.07, 6.45) is -1.04. The van der Waals surface area contributed by atoms with E-state index in [0.29, 0.717) is 0 Å². The van der Waals surface area contributed by atoms with E-state index in [1.165, 1.54) is 6.20 Å². The van der Waals surface area contributed by atoms with Gasteiger partial charge in [0.25, 0.3) is 5.56 Å². The topological polar surface area (TPSA) is 159 Å². The van der Waals surface area contributed by atoms with Gasteiger partial charge in [0.1, 0.15) is 12.3 Å². The number of aliphatic hydroxyl groups is 1. The van der Waals surface area contributed by atoms with Crippen LogP contribution in [0.4, 0.5) is 0 Å². The van der Waals surface area contributed by atoms with Crippen LogP contribution in [0.15, 0.2) is 57.3 Å². The number of azide groups is 1. The second-order valence-electron chi connectivity index (χ2n) is 6.27. The summed E-state index contributed by atoms with van der Waals surface area (Å²) in [7, 11) is 0. The lowest BCUT2D eigenvalue weighted by molar-refractivity contribution is -0.126. The minimum absolute atomic E-state index is 0.257. The van der Waals surface area contributed by atoms with E-state index in [9.17, 15) is 19.5 Å². The van der Waals surface area contributed by atoms with Crippen LogP contribution in [0.1, 0.15) is 23.5 Å². The van der Waals surface area contributed by atoms with Crippen LogP contribution in [0.3, 0.4) is 0 Å². The molecule has 2 N–H and O–H groups in total. The first-order chi connectivity index (χ1) is 13.4. The molecule has 0 saturated carbocycles. The summed E-state index contributed by atoms with van der Waals surface area (Å²) >= 11 is 0. The molecule has 3 rings (SSSR count). The highest BCUT2D eigenvalue weighted by Gasteiger charge is 2.56. The number of esters is 1. The Kier molecular flexibility index (Phi) is 5.32. The molecule has 2 heterocycles. The first-order valence-electron chi connectivity index (χ1n) is 8.34. The Morgan fingerprint density at radius 2 is 2.11 bits per heavy atom. The third-order valence-electron chi connectivity index (χ3n) is 4.51. The number of nitrogens with zero attached hydrogens (tertiary/aromatic N) is 4. The smallest absolute Gasteiger partial charge is 0.338 e. The molecule has 4 unspecified atom stereocenters. The molecule has 1 aliphatic heterocycles. The van der Waals surface area contributed by atoms with Crippen molar-refractivity contribution in [2.24, 2.45) is 11.0 Å². The molecule has 1 aliphatic rings.